The molecule has 1 aliphatic heterocycles. The summed E-state index contributed by atoms with van der Waals surface area (Å²) >= 11 is 5.80. The predicted molar refractivity (Wildman–Crippen MR) is 85.8 cm³/mol. The van der Waals surface area contributed by atoms with Crippen molar-refractivity contribution in [2.45, 2.75) is 4.90 Å². The lowest BCUT2D eigenvalue weighted by molar-refractivity contribution is -0.135. The molecule has 9 heteroatoms. The largest absolute Gasteiger partial charge is 0.338 e. The van der Waals surface area contributed by atoms with Gasteiger partial charge in [0.25, 0.3) is 10.0 Å². The van der Waals surface area contributed by atoms with Gasteiger partial charge in [-0.3, -0.25) is 13.9 Å². The highest BCUT2D eigenvalue weighted by Gasteiger charge is 2.23. The molecule has 0 saturated heterocycles. The molecule has 0 unspecified atom stereocenters. The summed E-state index contributed by atoms with van der Waals surface area (Å²) in [6.45, 7) is 0. The molecule has 0 N–H and O–H groups in total. The van der Waals surface area contributed by atoms with E-state index in [1.165, 1.54) is 25.2 Å². The Morgan fingerprint density at radius 1 is 0.917 bits per heavy atom. The van der Waals surface area contributed by atoms with Crippen LogP contribution in [-0.4, -0.2) is 27.3 Å². The van der Waals surface area contributed by atoms with Gasteiger partial charge in [-0.25, -0.2) is 18.4 Å². The van der Waals surface area contributed by atoms with Crippen molar-refractivity contribution in [1.29, 1.82) is 0 Å². The van der Waals surface area contributed by atoms with Gasteiger partial charge in [0.2, 0.25) is 0 Å². The van der Waals surface area contributed by atoms with Gasteiger partial charge in [0.1, 0.15) is 0 Å². The fourth-order valence-corrected chi connectivity index (χ4v) is 3.45. The van der Waals surface area contributed by atoms with E-state index < -0.39 is 21.8 Å². The summed E-state index contributed by atoms with van der Waals surface area (Å²) in [6, 6.07) is 10.2. The number of carbonyl (C=O) groups excluding carboxylic acids is 2. The number of benzene rings is 2. The highest BCUT2D eigenvalue weighted by atomic mass is 35.5. The van der Waals surface area contributed by atoms with Crippen molar-refractivity contribution >= 4 is 39.1 Å². The SMILES string of the molecule is CN(c1ccc(Cl)cc1)S(=O)(=O)c1ccc2c(c1)=NC(=O)C(=O)N=2. The first-order valence-corrected chi connectivity index (χ1v) is 8.51. The quantitative estimate of drug-likeness (QED) is 0.740. The van der Waals surface area contributed by atoms with Crippen molar-refractivity contribution in [2.75, 3.05) is 11.4 Å². The number of amides is 2. The first-order valence-electron chi connectivity index (χ1n) is 6.69. The Morgan fingerprint density at radius 3 is 2.12 bits per heavy atom. The lowest BCUT2D eigenvalue weighted by Crippen LogP contribution is -2.36. The van der Waals surface area contributed by atoms with E-state index in [4.69, 9.17) is 11.6 Å². The molecule has 122 valence electrons. The van der Waals surface area contributed by atoms with Crippen molar-refractivity contribution in [3.05, 3.63) is 58.2 Å². The van der Waals surface area contributed by atoms with Crippen molar-refractivity contribution in [3.63, 3.8) is 0 Å². The number of anilines is 1. The zero-order valence-electron chi connectivity index (χ0n) is 12.3. The number of fused-ring (bicyclic) bond motifs is 1. The highest BCUT2D eigenvalue weighted by Crippen LogP contribution is 2.22. The molecule has 24 heavy (non-hydrogen) atoms. The van der Waals surface area contributed by atoms with Crippen LogP contribution in [0.15, 0.2) is 57.3 Å². The molecule has 0 saturated carbocycles. The number of carbonyl (C=O) groups is 2. The van der Waals surface area contributed by atoms with Crippen LogP contribution in [-0.2, 0) is 19.6 Å². The van der Waals surface area contributed by atoms with Crippen LogP contribution in [0, 0.1) is 0 Å². The van der Waals surface area contributed by atoms with Crippen LogP contribution in [0.2, 0.25) is 5.02 Å². The average Bonchev–Trinajstić information content (AvgIpc) is 2.55. The minimum atomic E-state index is -3.88. The standard InChI is InChI=1S/C15H10ClN3O4S/c1-19(10-4-2-9(16)3-5-10)24(22,23)11-6-7-12-13(8-11)18-15(21)14(20)17-12/h2-8H,1H3. The molecule has 0 fully saturated rings. The molecule has 2 amide bonds. The van der Waals surface area contributed by atoms with Gasteiger partial charge in [-0.05, 0) is 42.5 Å². The molecule has 0 bridgehead atoms. The van der Waals surface area contributed by atoms with Crippen molar-refractivity contribution in [3.8, 4) is 0 Å². The van der Waals surface area contributed by atoms with Crippen LogP contribution >= 0.6 is 11.6 Å². The predicted octanol–water partition coefficient (Wildman–Crippen LogP) is 0.471. The Bertz CT molecular complexity index is 1080. The van der Waals surface area contributed by atoms with E-state index in [2.05, 4.69) is 9.98 Å². The summed E-state index contributed by atoms with van der Waals surface area (Å²) in [5.41, 5.74) is 0.421. The molecule has 7 nitrogen and oxygen atoms in total. The first-order chi connectivity index (χ1) is 11.3. The lowest BCUT2D eigenvalue weighted by Gasteiger charge is -2.19. The Hall–Kier alpha value is -2.58. The van der Waals surface area contributed by atoms with Crippen LogP contribution in [0.5, 0.6) is 0 Å². The second kappa shape index (κ2) is 5.81. The van der Waals surface area contributed by atoms with Crippen LogP contribution in [0.1, 0.15) is 0 Å². The second-order valence-electron chi connectivity index (χ2n) is 4.93. The fourth-order valence-electron chi connectivity index (χ4n) is 2.11. The summed E-state index contributed by atoms with van der Waals surface area (Å²) in [5.74, 6) is -2.00. The molecule has 1 heterocycles. The highest BCUT2D eigenvalue weighted by molar-refractivity contribution is 7.92. The monoisotopic (exact) mass is 363 g/mol. The smallest absolute Gasteiger partial charge is 0.269 e. The lowest BCUT2D eigenvalue weighted by atomic mass is 10.3. The zero-order valence-corrected chi connectivity index (χ0v) is 13.9. The Morgan fingerprint density at radius 2 is 1.50 bits per heavy atom. The molecule has 2 aromatic rings. The van der Waals surface area contributed by atoms with E-state index in [-0.39, 0.29) is 15.6 Å². The number of rotatable bonds is 3. The second-order valence-corrected chi connectivity index (χ2v) is 7.34. The molecular formula is C15H10ClN3O4S. The maximum absolute atomic E-state index is 12.7. The summed E-state index contributed by atoms with van der Waals surface area (Å²) < 4.78 is 26.5. The Balaban J connectivity index is 2.08. The summed E-state index contributed by atoms with van der Waals surface area (Å²) in [4.78, 5) is 29.6. The molecule has 0 radical (unpaired) electrons. The molecule has 0 atom stereocenters. The van der Waals surface area contributed by atoms with Crippen LogP contribution in [0.4, 0.5) is 5.69 Å². The first kappa shape index (κ1) is 16.3. The number of halogens is 1. The van der Waals surface area contributed by atoms with Gasteiger partial charge in [0.15, 0.2) is 0 Å². The summed E-state index contributed by atoms with van der Waals surface area (Å²) in [7, 11) is -2.48. The molecule has 0 spiro atoms. The third-order valence-electron chi connectivity index (χ3n) is 3.42. The van der Waals surface area contributed by atoms with Gasteiger partial charge in [-0.15, -0.1) is 0 Å². The maximum atomic E-state index is 12.7. The molecule has 3 rings (SSSR count). The normalized spacial score (nSPS) is 13.8. The van der Waals surface area contributed by atoms with Gasteiger partial charge in [0.05, 0.1) is 21.3 Å². The number of nitrogens with zero attached hydrogens (tertiary/aromatic N) is 3. The van der Waals surface area contributed by atoms with Gasteiger partial charge in [-0.2, -0.15) is 0 Å². The summed E-state index contributed by atoms with van der Waals surface area (Å²) in [5, 5.41) is 0.694. The Kier molecular flexibility index (Phi) is 3.94. The van der Waals surface area contributed by atoms with E-state index in [0.29, 0.717) is 10.7 Å². The van der Waals surface area contributed by atoms with Gasteiger partial charge < -0.3 is 0 Å². The van der Waals surface area contributed by atoms with Gasteiger partial charge in [0, 0.05) is 12.1 Å². The van der Waals surface area contributed by atoms with Gasteiger partial charge in [-0.1, -0.05) is 11.6 Å². The molecule has 1 aliphatic rings. The van der Waals surface area contributed by atoms with Gasteiger partial charge >= 0.3 is 11.8 Å². The van der Waals surface area contributed by atoms with Crippen molar-refractivity contribution in [2.24, 2.45) is 9.98 Å². The molecule has 0 aliphatic carbocycles. The van der Waals surface area contributed by atoms with E-state index >= 15 is 0 Å². The third kappa shape index (κ3) is 2.81. The summed E-state index contributed by atoms with van der Waals surface area (Å²) in [6.07, 6.45) is 0. The van der Waals surface area contributed by atoms with Crippen LogP contribution < -0.4 is 15.0 Å². The molecule has 0 aromatic heterocycles. The molecular weight excluding hydrogens is 354 g/mol. The minimum absolute atomic E-state index is 0.0465. The zero-order chi connectivity index (χ0) is 17.5. The maximum Gasteiger partial charge on any atom is 0.338 e. The molecule has 2 aromatic carbocycles. The van der Waals surface area contributed by atoms with E-state index in [0.717, 1.165) is 4.31 Å². The number of sulfonamides is 1. The number of hydrogen-bond donors (Lipinski definition) is 0. The van der Waals surface area contributed by atoms with E-state index in [1.54, 1.807) is 24.3 Å². The van der Waals surface area contributed by atoms with Crippen LogP contribution in [0.3, 0.4) is 0 Å². The fraction of sp³-hybridized carbons (Fsp3) is 0.0667. The van der Waals surface area contributed by atoms with E-state index in [1.807, 2.05) is 0 Å². The van der Waals surface area contributed by atoms with Crippen LogP contribution in [0.25, 0.3) is 0 Å². The number of hydrogen-bond acceptors (Lipinski definition) is 4. The minimum Gasteiger partial charge on any atom is -0.269 e. The topological polar surface area (TPSA) is 96.2 Å². The van der Waals surface area contributed by atoms with Crippen molar-refractivity contribution < 1.29 is 18.0 Å². The van der Waals surface area contributed by atoms with Crippen molar-refractivity contribution in [1.82, 2.24) is 0 Å². The third-order valence-corrected chi connectivity index (χ3v) is 5.46. The Labute approximate surface area is 142 Å². The van der Waals surface area contributed by atoms with E-state index in [9.17, 15) is 18.0 Å². The average molecular weight is 364 g/mol.